The van der Waals surface area contributed by atoms with Gasteiger partial charge in [0.25, 0.3) is 0 Å². The Bertz CT molecular complexity index is 651. The summed E-state index contributed by atoms with van der Waals surface area (Å²) in [6.45, 7) is 11.4. The van der Waals surface area contributed by atoms with Crippen LogP contribution < -0.4 is 5.32 Å². The molecule has 0 atom stereocenters. The number of benzene rings is 1. The molecule has 4 heteroatoms. The van der Waals surface area contributed by atoms with Gasteiger partial charge in [-0.05, 0) is 48.2 Å². The van der Waals surface area contributed by atoms with E-state index in [0.717, 1.165) is 33.9 Å². The first kappa shape index (κ1) is 16.0. The fraction of sp³-hybridized carbons (Fsp3) is 0.412. The van der Waals surface area contributed by atoms with Crippen LogP contribution in [0.4, 0.5) is 5.82 Å². The summed E-state index contributed by atoms with van der Waals surface area (Å²) in [5.41, 5.74) is 4.59. The molecule has 21 heavy (non-hydrogen) atoms. The van der Waals surface area contributed by atoms with E-state index in [-0.39, 0.29) is 0 Å². The molecule has 0 bridgehead atoms. The van der Waals surface area contributed by atoms with E-state index in [0.29, 0.717) is 5.92 Å². The topological polar surface area (TPSA) is 37.8 Å². The Morgan fingerprint density at radius 3 is 2.48 bits per heavy atom. The van der Waals surface area contributed by atoms with Crippen LogP contribution in [0, 0.1) is 13.8 Å². The molecular formula is C17H22BrN3. The van der Waals surface area contributed by atoms with Crippen molar-refractivity contribution >= 4 is 21.7 Å². The van der Waals surface area contributed by atoms with Gasteiger partial charge in [0.2, 0.25) is 0 Å². The second-order valence-corrected chi connectivity index (χ2v) is 6.39. The van der Waals surface area contributed by atoms with Gasteiger partial charge < -0.3 is 5.32 Å². The van der Waals surface area contributed by atoms with Gasteiger partial charge in [-0.15, -0.1) is 0 Å². The van der Waals surface area contributed by atoms with Crippen molar-refractivity contribution < 1.29 is 0 Å². The number of aromatic nitrogens is 2. The van der Waals surface area contributed by atoms with Crippen molar-refractivity contribution in [3.05, 3.63) is 39.5 Å². The summed E-state index contributed by atoms with van der Waals surface area (Å²) in [6.07, 6.45) is 0. The van der Waals surface area contributed by atoms with Crippen LogP contribution in [-0.4, -0.2) is 16.5 Å². The fourth-order valence-corrected chi connectivity index (χ4v) is 3.09. The van der Waals surface area contributed by atoms with Crippen molar-refractivity contribution in [3.8, 4) is 11.4 Å². The first-order chi connectivity index (χ1) is 9.93. The van der Waals surface area contributed by atoms with Crippen LogP contribution in [-0.2, 0) is 0 Å². The Labute approximate surface area is 135 Å². The summed E-state index contributed by atoms with van der Waals surface area (Å²) < 4.78 is 0.966. The third-order valence-corrected chi connectivity index (χ3v) is 4.17. The van der Waals surface area contributed by atoms with Gasteiger partial charge in [-0.3, -0.25) is 0 Å². The van der Waals surface area contributed by atoms with Crippen LogP contribution in [0.2, 0.25) is 0 Å². The normalized spacial score (nSPS) is 11.0. The van der Waals surface area contributed by atoms with Crippen LogP contribution >= 0.6 is 15.9 Å². The van der Waals surface area contributed by atoms with Gasteiger partial charge in [0.1, 0.15) is 5.82 Å². The predicted octanol–water partition coefficient (Wildman–Crippen LogP) is 5.08. The quantitative estimate of drug-likeness (QED) is 0.837. The van der Waals surface area contributed by atoms with Crippen LogP contribution in [0.1, 0.15) is 43.5 Å². The molecule has 1 aromatic carbocycles. The lowest BCUT2D eigenvalue weighted by molar-refractivity contribution is 0.809. The van der Waals surface area contributed by atoms with Crippen molar-refractivity contribution in [2.24, 2.45) is 0 Å². The standard InChI is InChI=1S/C17H22BrN3/c1-6-19-17-14(18)15(10(2)3)20-16(21-17)13-8-7-11(4)9-12(13)5/h7-10H,6H2,1-5H3,(H,19,20,21). The molecule has 0 radical (unpaired) electrons. The average molecular weight is 348 g/mol. The zero-order chi connectivity index (χ0) is 15.6. The third kappa shape index (κ3) is 3.43. The monoisotopic (exact) mass is 347 g/mol. The number of anilines is 1. The van der Waals surface area contributed by atoms with Crippen LogP contribution in [0.25, 0.3) is 11.4 Å². The molecule has 0 fully saturated rings. The number of halogens is 1. The molecular weight excluding hydrogens is 326 g/mol. The Morgan fingerprint density at radius 2 is 1.90 bits per heavy atom. The maximum atomic E-state index is 4.78. The molecule has 0 unspecified atom stereocenters. The van der Waals surface area contributed by atoms with Gasteiger partial charge in [0.15, 0.2) is 5.82 Å². The van der Waals surface area contributed by atoms with Crippen molar-refractivity contribution in [2.75, 3.05) is 11.9 Å². The molecule has 2 aromatic rings. The maximum Gasteiger partial charge on any atom is 0.162 e. The number of hydrogen-bond acceptors (Lipinski definition) is 3. The first-order valence-corrected chi connectivity index (χ1v) is 8.12. The Morgan fingerprint density at radius 1 is 1.19 bits per heavy atom. The van der Waals surface area contributed by atoms with Crippen LogP contribution in [0.3, 0.4) is 0 Å². The molecule has 112 valence electrons. The van der Waals surface area contributed by atoms with E-state index in [1.165, 1.54) is 11.1 Å². The highest BCUT2D eigenvalue weighted by atomic mass is 79.9. The molecule has 0 aliphatic rings. The van der Waals surface area contributed by atoms with Gasteiger partial charge in [0, 0.05) is 12.1 Å². The summed E-state index contributed by atoms with van der Waals surface area (Å²) in [5.74, 6) is 1.99. The molecule has 0 aliphatic carbocycles. The molecule has 1 aromatic heterocycles. The SMILES string of the molecule is CCNc1nc(-c2ccc(C)cc2C)nc(C(C)C)c1Br. The van der Waals surface area contributed by atoms with E-state index < -0.39 is 0 Å². The zero-order valence-electron chi connectivity index (χ0n) is 13.3. The largest absolute Gasteiger partial charge is 0.369 e. The molecule has 0 saturated carbocycles. The zero-order valence-corrected chi connectivity index (χ0v) is 14.9. The highest BCUT2D eigenvalue weighted by Gasteiger charge is 2.16. The van der Waals surface area contributed by atoms with E-state index in [1.54, 1.807) is 0 Å². The molecule has 0 amide bonds. The minimum absolute atomic E-state index is 0.337. The molecule has 3 nitrogen and oxygen atoms in total. The van der Waals surface area contributed by atoms with Gasteiger partial charge in [-0.1, -0.05) is 37.6 Å². The van der Waals surface area contributed by atoms with E-state index in [1.807, 2.05) is 0 Å². The number of nitrogens with zero attached hydrogens (tertiary/aromatic N) is 2. The van der Waals surface area contributed by atoms with E-state index >= 15 is 0 Å². The number of nitrogens with one attached hydrogen (secondary N) is 1. The van der Waals surface area contributed by atoms with Crippen molar-refractivity contribution in [3.63, 3.8) is 0 Å². The lowest BCUT2D eigenvalue weighted by Gasteiger charge is -2.15. The van der Waals surface area contributed by atoms with E-state index in [4.69, 9.17) is 9.97 Å². The van der Waals surface area contributed by atoms with Gasteiger partial charge in [-0.25, -0.2) is 9.97 Å². The van der Waals surface area contributed by atoms with Gasteiger partial charge in [0.05, 0.1) is 10.2 Å². The fourth-order valence-electron chi connectivity index (χ4n) is 2.32. The summed E-state index contributed by atoms with van der Waals surface area (Å²) in [6, 6.07) is 6.38. The highest BCUT2D eigenvalue weighted by molar-refractivity contribution is 9.10. The van der Waals surface area contributed by atoms with E-state index in [9.17, 15) is 0 Å². The van der Waals surface area contributed by atoms with Gasteiger partial charge in [-0.2, -0.15) is 0 Å². The smallest absolute Gasteiger partial charge is 0.162 e. The maximum absolute atomic E-state index is 4.78. The Balaban J connectivity index is 2.62. The average Bonchev–Trinajstić information content (AvgIpc) is 2.41. The minimum atomic E-state index is 0.337. The van der Waals surface area contributed by atoms with Crippen molar-refractivity contribution in [1.29, 1.82) is 0 Å². The van der Waals surface area contributed by atoms with Gasteiger partial charge >= 0.3 is 0 Å². The summed E-state index contributed by atoms with van der Waals surface area (Å²) in [5, 5.41) is 3.31. The third-order valence-electron chi connectivity index (χ3n) is 3.39. The highest BCUT2D eigenvalue weighted by Crippen LogP contribution is 2.32. The Hall–Kier alpha value is -1.42. The number of aryl methyl sites for hydroxylation is 2. The van der Waals surface area contributed by atoms with Crippen molar-refractivity contribution in [1.82, 2.24) is 9.97 Å². The summed E-state index contributed by atoms with van der Waals surface area (Å²) >= 11 is 3.63. The molecule has 0 aliphatic heterocycles. The lowest BCUT2D eigenvalue weighted by Crippen LogP contribution is -2.07. The lowest BCUT2D eigenvalue weighted by atomic mass is 10.0. The second kappa shape index (κ2) is 6.56. The van der Waals surface area contributed by atoms with Crippen molar-refractivity contribution in [2.45, 2.75) is 40.5 Å². The Kier molecular flexibility index (Phi) is 4.99. The number of rotatable bonds is 4. The first-order valence-electron chi connectivity index (χ1n) is 7.33. The molecule has 0 spiro atoms. The number of hydrogen-bond donors (Lipinski definition) is 1. The molecule has 2 rings (SSSR count). The second-order valence-electron chi connectivity index (χ2n) is 5.60. The predicted molar refractivity (Wildman–Crippen MR) is 92.9 cm³/mol. The summed E-state index contributed by atoms with van der Waals surface area (Å²) in [4.78, 5) is 9.47. The molecule has 1 N–H and O–H groups in total. The summed E-state index contributed by atoms with van der Waals surface area (Å²) in [7, 11) is 0. The molecule has 0 saturated heterocycles. The van der Waals surface area contributed by atoms with Crippen LogP contribution in [0.5, 0.6) is 0 Å². The minimum Gasteiger partial charge on any atom is -0.369 e. The van der Waals surface area contributed by atoms with E-state index in [2.05, 4.69) is 74.1 Å². The molecule has 1 heterocycles. The van der Waals surface area contributed by atoms with Crippen LogP contribution in [0.15, 0.2) is 22.7 Å².